The molecule has 1 amide bonds. The Kier molecular flexibility index (Phi) is 4.94. The van der Waals surface area contributed by atoms with Gasteiger partial charge in [-0.05, 0) is 34.5 Å². The van der Waals surface area contributed by atoms with Crippen molar-refractivity contribution in [1.82, 2.24) is 5.32 Å². The summed E-state index contributed by atoms with van der Waals surface area (Å²) >= 11 is 8.63. The molecule has 0 saturated heterocycles. The smallest absolute Gasteiger partial charge is 0.328 e. The monoisotopic (exact) mass is 327 g/mol. The summed E-state index contributed by atoms with van der Waals surface area (Å²) in [5.41, 5.74) is 0.802. The molecular weight excluding hydrogens is 318 g/mol. The molecule has 0 unspecified atom stereocenters. The van der Waals surface area contributed by atoms with Gasteiger partial charge in [-0.25, -0.2) is 4.79 Å². The van der Waals surface area contributed by atoms with Crippen LogP contribution in [-0.4, -0.2) is 17.0 Å². The molecule has 2 N–H and O–H groups in total. The Morgan fingerprint density at radius 1 is 1.40 bits per heavy atom. The van der Waals surface area contributed by atoms with E-state index < -0.39 is 5.97 Å². The molecule has 0 radical (unpaired) electrons. The fourth-order valence-electron chi connectivity index (χ4n) is 1.45. The molecule has 0 saturated carbocycles. The van der Waals surface area contributed by atoms with Crippen LogP contribution >= 0.6 is 34.3 Å². The number of halogens is 1. The first-order chi connectivity index (χ1) is 9.56. The molecular formula is C13H10ClNO3S2. The molecule has 0 aliphatic rings. The van der Waals surface area contributed by atoms with Crippen molar-refractivity contribution in [1.29, 1.82) is 0 Å². The lowest BCUT2D eigenvalue weighted by molar-refractivity contribution is -0.131. The summed E-state index contributed by atoms with van der Waals surface area (Å²) in [4.78, 5) is 23.7. The highest BCUT2D eigenvalue weighted by Gasteiger charge is 2.11. The highest BCUT2D eigenvalue weighted by Crippen LogP contribution is 2.22. The fourth-order valence-corrected chi connectivity index (χ4v) is 3.30. The summed E-state index contributed by atoms with van der Waals surface area (Å²) in [6.07, 6.45) is 2.59. The van der Waals surface area contributed by atoms with E-state index in [9.17, 15) is 9.59 Å². The van der Waals surface area contributed by atoms with Crippen LogP contribution in [0.15, 0.2) is 29.0 Å². The predicted octanol–water partition coefficient (Wildman–Crippen LogP) is 3.49. The summed E-state index contributed by atoms with van der Waals surface area (Å²) in [6, 6.07) is 3.52. The molecule has 2 heterocycles. The van der Waals surface area contributed by atoms with E-state index in [2.05, 4.69) is 5.32 Å². The van der Waals surface area contributed by atoms with Crippen LogP contribution in [0.3, 0.4) is 0 Å². The van der Waals surface area contributed by atoms with E-state index in [0.717, 1.165) is 16.5 Å². The average molecular weight is 328 g/mol. The number of carboxylic acid groups (broad SMARTS) is 1. The lowest BCUT2D eigenvalue weighted by atomic mass is 10.3. The van der Waals surface area contributed by atoms with Crippen LogP contribution < -0.4 is 5.32 Å². The normalized spacial score (nSPS) is 10.8. The van der Waals surface area contributed by atoms with E-state index >= 15 is 0 Å². The van der Waals surface area contributed by atoms with Gasteiger partial charge in [0, 0.05) is 11.0 Å². The molecule has 0 spiro atoms. The first-order valence-corrected chi connectivity index (χ1v) is 7.69. The van der Waals surface area contributed by atoms with E-state index in [1.165, 1.54) is 28.7 Å². The van der Waals surface area contributed by atoms with Gasteiger partial charge in [0.2, 0.25) is 0 Å². The maximum absolute atomic E-state index is 11.8. The number of rotatable bonds is 5. The van der Waals surface area contributed by atoms with E-state index in [4.69, 9.17) is 16.7 Å². The van der Waals surface area contributed by atoms with Gasteiger partial charge in [-0.2, -0.15) is 0 Å². The second-order valence-corrected chi connectivity index (χ2v) is 6.12. The average Bonchev–Trinajstić information content (AvgIpc) is 3.02. The van der Waals surface area contributed by atoms with Crippen LogP contribution in [0.25, 0.3) is 6.08 Å². The first-order valence-electron chi connectivity index (χ1n) is 5.56. The highest BCUT2D eigenvalue weighted by molar-refractivity contribution is 7.12. The van der Waals surface area contributed by atoms with Crippen molar-refractivity contribution in [3.63, 3.8) is 0 Å². The molecule has 0 fully saturated rings. The molecule has 0 aromatic carbocycles. The first kappa shape index (κ1) is 14.8. The standard InChI is InChI=1S/C13H10ClNO3S2/c14-10-3-4-19-12(10)13(18)15-6-9-5-8(7-20-9)1-2-11(16)17/h1-5,7H,6H2,(H,15,18)(H,16,17)/b2-1+. The van der Waals surface area contributed by atoms with Gasteiger partial charge in [-0.3, -0.25) is 4.79 Å². The number of hydrogen-bond acceptors (Lipinski definition) is 4. The molecule has 2 aromatic heterocycles. The Morgan fingerprint density at radius 3 is 2.85 bits per heavy atom. The Morgan fingerprint density at radius 2 is 2.20 bits per heavy atom. The zero-order chi connectivity index (χ0) is 14.5. The Balaban J connectivity index is 1.93. The van der Waals surface area contributed by atoms with Crippen LogP contribution in [0.1, 0.15) is 20.1 Å². The lowest BCUT2D eigenvalue weighted by Crippen LogP contribution is -2.21. The van der Waals surface area contributed by atoms with Gasteiger partial charge in [0.05, 0.1) is 11.6 Å². The highest BCUT2D eigenvalue weighted by atomic mass is 35.5. The second-order valence-electron chi connectivity index (χ2n) is 3.80. The van der Waals surface area contributed by atoms with Gasteiger partial charge in [-0.15, -0.1) is 22.7 Å². The van der Waals surface area contributed by atoms with Crippen molar-refractivity contribution in [2.45, 2.75) is 6.54 Å². The van der Waals surface area contributed by atoms with E-state index in [0.29, 0.717) is 16.4 Å². The minimum atomic E-state index is -0.988. The number of carbonyl (C=O) groups excluding carboxylic acids is 1. The van der Waals surface area contributed by atoms with E-state index in [1.54, 1.807) is 11.4 Å². The van der Waals surface area contributed by atoms with Crippen LogP contribution in [-0.2, 0) is 11.3 Å². The van der Waals surface area contributed by atoms with Crippen LogP contribution in [0, 0.1) is 0 Å². The van der Waals surface area contributed by atoms with Crippen LogP contribution in [0.5, 0.6) is 0 Å². The number of amides is 1. The SMILES string of the molecule is O=C(O)/C=C/c1csc(CNC(=O)c2sccc2Cl)c1. The van der Waals surface area contributed by atoms with Gasteiger partial charge in [0.1, 0.15) is 4.88 Å². The van der Waals surface area contributed by atoms with Crippen molar-refractivity contribution in [3.8, 4) is 0 Å². The van der Waals surface area contributed by atoms with Gasteiger partial charge in [0.15, 0.2) is 0 Å². The van der Waals surface area contributed by atoms with Gasteiger partial charge in [0.25, 0.3) is 5.91 Å². The van der Waals surface area contributed by atoms with Crippen molar-refractivity contribution in [3.05, 3.63) is 49.3 Å². The molecule has 2 rings (SSSR count). The maximum atomic E-state index is 11.8. The Bertz CT molecular complexity index is 660. The minimum absolute atomic E-state index is 0.207. The zero-order valence-corrected chi connectivity index (χ0v) is 12.5. The number of aliphatic carboxylic acids is 1. The third-order valence-electron chi connectivity index (χ3n) is 2.34. The van der Waals surface area contributed by atoms with Crippen molar-refractivity contribution >= 4 is 52.2 Å². The van der Waals surface area contributed by atoms with Crippen molar-refractivity contribution in [2.75, 3.05) is 0 Å². The molecule has 104 valence electrons. The van der Waals surface area contributed by atoms with Crippen molar-refractivity contribution < 1.29 is 14.7 Å². The van der Waals surface area contributed by atoms with Gasteiger partial charge in [-0.1, -0.05) is 11.6 Å². The van der Waals surface area contributed by atoms with E-state index in [-0.39, 0.29) is 5.91 Å². The number of nitrogens with one attached hydrogen (secondary N) is 1. The van der Waals surface area contributed by atoms with Gasteiger partial charge >= 0.3 is 5.97 Å². The Labute approximate surface area is 128 Å². The molecule has 20 heavy (non-hydrogen) atoms. The second kappa shape index (κ2) is 6.69. The molecule has 0 bridgehead atoms. The summed E-state index contributed by atoms with van der Waals surface area (Å²) in [6.45, 7) is 0.388. The summed E-state index contributed by atoms with van der Waals surface area (Å²) in [5.74, 6) is -1.19. The predicted molar refractivity (Wildman–Crippen MR) is 81.5 cm³/mol. The summed E-state index contributed by atoms with van der Waals surface area (Å²) < 4.78 is 0. The van der Waals surface area contributed by atoms with Crippen molar-refractivity contribution in [2.24, 2.45) is 0 Å². The topological polar surface area (TPSA) is 66.4 Å². The molecule has 0 aliphatic heterocycles. The quantitative estimate of drug-likeness (QED) is 0.826. The zero-order valence-electron chi connectivity index (χ0n) is 10.1. The van der Waals surface area contributed by atoms with Crippen LogP contribution in [0.2, 0.25) is 5.02 Å². The third kappa shape index (κ3) is 3.93. The third-order valence-corrected chi connectivity index (χ3v) is 4.63. The largest absolute Gasteiger partial charge is 0.478 e. The number of carboxylic acids is 1. The fraction of sp³-hybridized carbons (Fsp3) is 0.0769. The van der Waals surface area contributed by atoms with Crippen LogP contribution in [0.4, 0.5) is 0 Å². The summed E-state index contributed by atoms with van der Waals surface area (Å²) in [7, 11) is 0. The molecule has 4 nitrogen and oxygen atoms in total. The maximum Gasteiger partial charge on any atom is 0.328 e. The lowest BCUT2D eigenvalue weighted by Gasteiger charge is -2.01. The molecule has 2 aromatic rings. The summed E-state index contributed by atoms with van der Waals surface area (Å²) in [5, 5.41) is 15.4. The van der Waals surface area contributed by atoms with E-state index in [1.807, 2.05) is 11.4 Å². The number of carbonyl (C=O) groups is 2. The molecule has 0 aliphatic carbocycles. The number of hydrogen-bond donors (Lipinski definition) is 2. The number of thiophene rings is 2. The molecule has 7 heteroatoms. The Hall–Kier alpha value is -1.63. The molecule has 0 atom stereocenters. The van der Waals surface area contributed by atoms with Gasteiger partial charge < -0.3 is 10.4 Å². The minimum Gasteiger partial charge on any atom is -0.478 e.